The van der Waals surface area contributed by atoms with Gasteiger partial charge in [-0.25, -0.2) is 0 Å². The number of nitrogens with zero attached hydrogens (tertiary/aromatic N) is 1. The number of aliphatic carboxylic acids is 1. The fraction of sp³-hybridized carbons (Fsp3) is 0.917. The summed E-state index contributed by atoms with van der Waals surface area (Å²) in [6.07, 6.45) is 4.99. The highest BCUT2D eigenvalue weighted by molar-refractivity contribution is 5.69. The summed E-state index contributed by atoms with van der Waals surface area (Å²) in [5.74, 6) is -0.0771. The first-order valence-electron chi connectivity index (χ1n) is 6.09. The van der Waals surface area contributed by atoms with Crippen LogP contribution in [0.2, 0.25) is 0 Å². The second-order valence-electron chi connectivity index (χ2n) is 5.30. The molecule has 0 bridgehead atoms. The van der Waals surface area contributed by atoms with Gasteiger partial charge in [-0.3, -0.25) is 9.69 Å². The lowest BCUT2D eigenvalue weighted by molar-refractivity contribution is -0.138. The van der Waals surface area contributed by atoms with Crippen molar-refractivity contribution in [2.45, 2.75) is 25.7 Å². The van der Waals surface area contributed by atoms with Gasteiger partial charge in [0.25, 0.3) is 0 Å². The molecule has 0 aromatic rings. The number of hydrogen-bond donors (Lipinski definition) is 1. The van der Waals surface area contributed by atoms with Crippen LogP contribution in [-0.4, -0.2) is 49.3 Å². The van der Waals surface area contributed by atoms with Gasteiger partial charge in [-0.1, -0.05) is 12.8 Å². The topological polar surface area (TPSA) is 49.8 Å². The monoisotopic (exact) mass is 227 g/mol. The molecule has 0 aromatic heterocycles. The largest absolute Gasteiger partial charge is 0.480 e. The van der Waals surface area contributed by atoms with Crippen molar-refractivity contribution in [1.29, 1.82) is 0 Å². The minimum absolute atomic E-state index is 0.183. The van der Waals surface area contributed by atoms with Crippen molar-refractivity contribution in [3.63, 3.8) is 0 Å². The van der Waals surface area contributed by atoms with Gasteiger partial charge in [0.1, 0.15) is 0 Å². The number of rotatable bonds is 4. The van der Waals surface area contributed by atoms with Gasteiger partial charge in [-0.2, -0.15) is 0 Å². The van der Waals surface area contributed by atoms with Crippen molar-refractivity contribution in [3.8, 4) is 0 Å². The summed E-state index contributed by atoms with van der Waals surface area (Å²) in [6, 6.07) is 0. The fourth-order valence-electron chi connectivity index (χ4n) is 3.53. The van der Waals surface area contributed by atoms with Gasteiger partial charge in [-0.15, -0.1) is 0 Å². The van der Waals surface area contributed by atoms with Crippen LogP contribution in [0.5, 0.6) is 0 Å². The summed E-state index contributed by atoms with van der Waals surface area (Å²) in [6.45, 7) is 2.81. The van der Waals surface area contributed by atoms with Gasteiger partial charge < -0.3 is 9.84 Å². The Bertz CT molecular complexity index is 265. The van der Waals surface area contributed by atoms with E-state index in [1.165, 1.54) is 25.7 Å². The zero-order valence-corrected chi connectivity index (χ0v) is 9.95. The molecule has 1 N–H and O–H groups in total. The van der Waals surface area contributed by atoms with Crippen LogP contribution in [0.3, 0.4) is 0 Å². The predicted octanol–water partition coefficient (Wildman–Crippen LogP) is 1.21. The maximum Gasteiger partial charge on any atom is 0.317 e. The van der Waals surface area contributed by atoms with Gasteiger partial charge in [-0.05, 0) is 18.8 Å². The average Bonchev–Trinajstić information content (AvgIpc) is 2.54. The number of carboxylic acid groups (broad SMARTS) is 1. The van der Waals surface area contributed by atoms with Crippen LogP contribution in [0.4, 0.5) is 0 Å². The molecule has 0 amide bonds. The van der Waals surface area contributed by atoms with Gasteiger partial charge in [0.2, 0.25) is 0 Å². The number of carbonyl (C=O) groups is 1. The van der Waals surface area contributed by atoms with E-state index in [0.717, 1.165) is 19.7 Å². The molecule has 0 unspecified atom stereocenters. The highest BCUT2D eigenvalue weighted by atomic mass is 16.5. The standard InChI is InChI=1S/C12H21NO3/c1-16-9-12-5-3-2-4-10(12)6-13(8-12)7-11(14)15/h10H,2-9H2,1H3,(H,14,15)/t10-,12-/m1/s1. The summed E-state index contributed by atoms with van der Waals surface area (Å²) in [4.78, 5) is 12.8. The summed E-state index contributed by atoms with van der Waals surface area (Å²) >= 11 is 0. The van der Waals surface area contributed by atoms with E-state index in [1.54, 1.807) is 7.11 Å². The van der Waals surface area contributed by atoms with E-state index in [0.29, 0.717) is 5.92 Å². The van der Waals surface area contributed by atoms with Crippen molar-refractivity contribution < 1.29 is 14.6 Å². The van der Waals surface area contributed by atoms with Gasteiger partial charge in [0.05, 0.1) is 13.2 Å². The molecule has 1 aliphatic carbocycles. The van der Waals surface area contributed by atoms with Gasteiger partial charge in [0, 0.05) is 25.6 Å². The second-order valence-corrected chi connectivity index (χ2v) is 5.30. The predicted molar refractivity (Wildman–Crippen MR) is 60.3 cm³/mol. The third-order valence-corrected chi connectivity index (χ3v) is 4.15. The van der Waals surface area contributed by atoms with E-state index in [-0.39, 0.29) is 12.0 Å². The summed E-state index contributed by atoms with van der Waals surface area (Å²) in [5.41, 5.74) is 0.239. The lowest BCUT2D eigenvalue weighted by atomic mass is 9.69. The van der Waals surface area contributed by atoms with Crippen LogP contribution in [-0.2, 0) is 9.53 Å². The fourth-order valence-corrected chi connectivity index (χ4v) is 3.53. The average molecular weight is 227 g/mol. The molecule has 1 aliphatic heterocycles. The molecule has 2 rings (SSSR count). The molecular weight excluding hydrogens is 206 g/mol. The Labute approximate surface area is 96.6 Å². The Balaban J connectivity index is 2.04. The van der Waals surface area contributed by atoms with E-state index >= 15 is 0 Å². The van der Waals surface area contributed by atoms with E-state index in [9.17, 15) is 4.79 Å². The van der Waals surface area contributed by atoms with Crippen molar-refractivity contribution in [1.82, 2.24) is 4.90 Å². The lowest BCUT2D eigenvalue weighted by Crippen LogP contribution is -2.38. The SMILES string of the molecule is COC[C@]12CCCC[C@@H]1CN(CC(=O)O)C2. The maximum absolute atomic E-state index is 10.8. The molecule has 0 spiro atoms. The minimum atomic E-state index is -0.716. The molecule has 16 heavy (non-hydrogen) atoms. The third kappa shape index (κ3) is 2.23. The highest BCUT2D eigenvalue weighted by Crippen LogP contribution is 2.46. The molecule has 1 saturated carbocycles. The number of fused-ring (bicyclic) bond motifs is 1. The first-order valence-corrected chi connectivity index (χ1v) is 6.09. The number of carboxylic acids is 1. The van der Waals surface area contributed by atoms with Crippen LogP contribution < -0.4 is 0 Å². The van der Waals surface area contributed by atoms with E-state index in [2.05, 4.69) is 4.90 Å². The van der Waals surface area contributed by atoms with Crippen LogP contribution in [0.15, 0.2) is 0 Å². The zero-order valence-electron chi connectivity index (χ0n) is 9.95. The Morgan fingerprint density at radius 2 is 2.38 bits per heavy atom. The number of likely N-dealkylation sites (tertiary alicyclic amines) is 1. The minimum Gasteiger partial charge on any atom is -0.480 e. The smallest absolute Gasteiger partial charge is 0.317 e. The van der Waals surface area contributed by atoms with Crippen molar-refractivity contribution in [2.24, 2.45) is 11.3 Å². The van der Waals surface area contributed by atoms with Gasteiger partial charge in [0.15, 0.2) is 0 Å². The molecule has 92 valence electrons. The molecule has 0 aromatic carbocycles. The van der Waals surface area contributed by atoms with Crippen LogP contribution >= 0.6 is 0 Å². The Hall–Kier alpha value is -0.610. The summed E-state index contributed by atoms with van der Waals surface area (Å²) in [5, 5.41) is 8.85. The number of hydrogen-bond acceptors (Lipinski definition) is 3. The van der Waals surface area contributed by atoms with Crippen LogP contribution in [0, 0.1) is 11.3 Å². The number of methoxy groups -OCH3 is 1. The maximum atomic E-state index is 10.8. The Morgan fingerprint density at radius 1 is 1.56 bits per heavy atom. The molecule has 2 fully saturated rings. The number of ether oxygens (including phenoxy) is 1. The molecule has 4 heteroatoms. The van der Waals surface area contributed by atoms with E-state index < -0.39 is 5.97 Å². The van der Waals surface area contributed by atoms with Crippen LogP contribution in [0.1, 0.15) is 25.7 Å². The second kappa shape index (κ2) is 4.72. The normalized spacial score (nSPS) is 34.9. The van der Waals surface area contributed by atoms with Crippen molar-refractivity contribution in [3.05, 3.63) is 0 Å². The van der Waals surface area contributed by atoms with E-state index in [4.69, 9.17) is 9.84 Å². The van der Waals surface area contributed by atoms with E-state index in [1.807, 2.05) is 0 Å². The Kier molecular flexibility index (Phi) is 3.50. The molecule has 0 radical (unpaired) electrons. The quantitative estimate of drug-likeness (QED) is 0.784. The molecule has 4 nitrogen and oxygen atoms in total. The Morgan fingerprint density at radius 3 is 3.06 bits per heavy atom. The zero-order chi connectivity index (χ0) is 11.6. The van der Waals surface area contributed by atoms with Crippen molar-refractivity contribution in [2.75, 3.05) is 33.4 Å². The lowest BCUT2D eigenvalue weighted by Gasteiger charge is -2.38. The third-order valence-electron chi connectivity index (χ3n) is 4.15. The molecule has 2 atom stereocenters. The molecular formula is C12H21NO3. The van der Waals surface area contributed by atoms with Crippen LogP contribution in [0.25, 0.3) is 0 Å². The first kappa shape index (κ1) is 11.9. The first-order chi connectivity index (χ1) is 7.66. The molecule has 1 heterocycles. The summed E-state index contributed by atoms with van der Waals surface area (Å²) < 4.78 is 5.37. The highest BCUT2D eigenvalue weighted by Gasteiger charge is 2.47. The van der Waals surface area contributed by atoms with Gasteiger partial charge >= 0.3 is 5.97 Å². The van der Waals surface area contributed by atoms with Crippen molar-refractivity contribution >= 4 is 5.97 Å². The molecule has 2 aliphatic rings. The molecule has 1 saturated heterocycles. The summed E-state index contributed by atoms with van der Waals surface area (Å²) in [7, 11) is 1.75.